The van der Waals surface area contributed by atoms with E-state index in [1.807, 2.05) is 0 Å². The molecule has 6 N–H and O–H groups in total. The van der Waals surface area contributed by atoms with E-state index in [1.54, 1.807) is 25.1 Å². The van der Waals surface area contributed by atoms with Gasteiger partial charge in [0.1, 0.15) is 5.69 Å². The second kappa shape index (κ2) is 10.4. The summed E-state index contributed by atoms with van der Waals surface area (Å²) in [6.07, 6.45) is 0. The molecule has 0 atom stereocenters. The number of nitrogens with one attached hydrogen (secondary N) is 4. The van der Waals surface area contributed by atoms with Crippen molar-refractivity contribution < 1.29 is 19.3 Å². The van der Waals surface area contributed by atoms with Crippen LogP contribution in [-0.4, -0.2) is 38.1 Å². The van der Waals surface area contributed by atoms with Gasteiger partial charge in [0.05, 0.1) is 24.5 Å². The number of aromatic nitrogens is 1. The fourth-order valence-electron chi connectivity index (χ4n) is 2.34. The maximum atomic E-state index is 12.6. The highest BCUT2D eigenvalue weighted by Crippen LogP contribution is 2.28. The van der Waals surface area contributed by atoms with Crippen LogP contribution < -0.4 is 26.7 Å². The number of nitroso groups, excluding NO2 is 1. The fourth-order valence-corrected chi connectivity index (χ4v) is 3.12. The molecule has 150 valence electrons. The summed E-state index contributed by atoms with van der Waals surface area (Å²) in [4.78, 5) is 37.8. The van der Waals surface area contributed by atoms with Gasteiger partial charge in [-0.1, -0.05) is 0 Å². The lowest BCUT2D eigenvalue weighted by molar-refractivity contribution is -0.363. The van der Waals surface area contributed by atoms with Gasteiger partial charge >= 0.3 is 11.0 Å². The third-order valence-corrected chi connectivity index (χ3v) is 4.53. The van der Waals surface area contributed by atoms with Crippen LogP contribution in [0.3, 0.4) is 0 Å². The van der Waals surface area contributed by atoms with Gasteiger partial charge in [-0.25, -0.2) is 9.78 Å². The minimum atomic E-state index is -0.434. The molecule has 2 rings (SSSR count). The number of hydrogen-bond donors (Lipinski definition) is 4. The number of carbonyl (C=O) groups is 2. The van der Waals surface area contributed by atoms with Crippen LogP contribution >= 0.6 is 11.3 Å². The number of nitrogens with two attached hydrogens (primary N) is 1. The number of benzene rings is 1. The summed E-state index contributed by atoms with van der Waals surface area (Å²) in [5, 5.41) is 12.0. The maximum Gasteiger partial charge on any atom is 0.341 e. The zero-order chi connectivity index (χ0) is 20.5. The lowest BCUT2D eigenvalue weighted by atomic mass is 10.1. The summed E-state index contributed by atoms with van der Waals surface area (Å²) < 4.78 is 5.29. The van der Waals surface area contributed by atoms with Crippen LogP contribution in [0, 0.1) is 11.8 Å². The van der Waals surface area contributed by atoms with Gasteiger partial charge in [0.25, 0.3) is 0 Å². The highest BCUT2D eigenvalue weighted by atomic mass is 32.1. The van der Waals surface area contributed by atoms with E-state index in [0.717, 1.165) is 17.0 Å². The minimum absolute atomic E-state index is 0.258. The van der Waals surface area contributed by atoms with Crippen molar-refractivity contribution >= 4 is 44.7 Å². The minimum Gasteiger partial charge on any atom is -0.383 e. The molecule has 0 unspecified atom stereocenters. The van der Waals surface area contributed by atoms with Gasteiger partial charge in [-0.2, -0.15) is 5.32 Å². The first-order valence-electron chi connectivity index (χ1n) is 8.55. The molecule has 1 aromatic carbocycles. The molecule has 1 aromatic heterocycles. The smallest absolute Gasteiger partial charge is 0.341 e. The molecule has 0 spiro atoms. The Morgan fingerprint density at radius 2 is 2.07 bits per heavy atom. The maximum absolute atomic E-state index is 12.6. The van der Waals surface area contributed by atoms with Crippen molar-refractivity contribution in [1.82, 2.24) is 0 Å². The number of hydrogen-bond acceptors (Lipinski definition) is 8. The average Bonchev–Trinajstić information content (AvgIpc) is 3.00. The Bertz CT molecular complexity index is 854. The van der Waals surface area contributed by atoms with Crippen molar-refractivity contribution in [2.24, 2.45) is 10.9 Å². The van der Waals surface area contributed by atoms with Gasteiger partial charge in [0.2, 0.25) is 10.9 Å². The molecule has 11 heteroatoms. The van der Waals surface area contributed by atoms with E-state index < -0.39 is 5.91 Å². The van der Waals surface area contributed by atoms with Crippen LogP contribution in [-0.2, 0) is 9.53 Å². The Morgan fingerprint density at radius 1 is 1.29 bits per heavy atom. The van der Waals surface area contributed by atoms with Gasteiger partial charge in [-0.05, 0) is 34.7 Å². The Labute approximate surface area is 165 Å². The van der Waals surface area contributed by atoms with Gasteiger partial charge in [0.15, 0.2) is 0 Å². The number of rotatable bonds is 10. The standard InChI is InChI=1S/C17H22N6O4S/c1-10-16(23-26)28-17(20-10)22-15(25)13-4-3-12(9-14(13)21-11(2)24)19-6-8-27-7-5-18/h3-4,9,19H,5-8,18H2,1-2H3,(H,21,24)(H,20,22,25)/p+1. The van der Waals surface area contributed by atoms with Crippen molar-refractivity contribution in [1.29, 1.82) is 0 Å². The number of thiazole rings is 1. The topological polar surface area (TPSA) is 149 Å². The first kappa shape index (κ1) is 21.4. The molecule has 0 bridgehead atoms. The van der Waals surface area contributed by atoms with Gasteiger partial charge in [0, 0.05) is 32.6 Å². The predicted molar refractivity (Wildman–Crippen MR) is 108 cm³/mol. The molecular weight excluding hydrogens is 384 g/mol. The lowest BCUT2D eigenvalue weighted by Gasteiger charge is -2.12. The number of aryl methyl sites for hydroxylation is 1. The highest BCUT2D eigenvalue weighted by molar-refractivity contribution is 7.19. The van der Waals surface area contributed by atoms with Crippen molar-refractivity contribution in [3.05, 3.63) is 34.4 Å². The molecule has 0 fully saturated rings. The van der Waals surface area contributed by atoms with E-state index in [9.17, 15) is 14.5 Å². The molecule has 1 heterocycles. The molecule has 0 saturated heterocycles. The molecule has 0 saturated carbocycles. The summed E-state index contributed by atoms with van der Waals surface area (Å²) in [6.45, 7) is 5.02. The molecule has 0 aliphatic rings. The van der Waals surface area contributed by atoms with Crippen LogP contribution in [0.15, 0.2) is 23.4 Å². The number of H-pyrrole nitrogens is 1. The Balaban J connectivity index is 2.13. The van der Waals surface area contributed by atoms with Gasteiger partial charge in [-0.3, -0.25) is 4.79 Å². The Hall–Kier alpha value is -2.89. The van der Waals surface area contributed by atoms with E-state index in [4.69, 9.17) is 10.5 Å². The third-order valence-electron chi connectivity index (χ3n) is 3.54. The molecule has 10 nitrogen and oxygen atoms in total. The molecule has 28 heavy (non-hydrogen) atoms. The van der Waals surface area contributed by atoms with Gasteiger partial charge in [-0.15, -0.1) is 4.91 Å². The van der Waals surface area contributed by atoms with Crippen LogP contribution in [0.2, 0.25) is 0 Å². The largest absolute Gasteiger partial charge is 0.383 e. The Kier molecular flexibility index (Phi) is 7.99. The molecular formula is C17H23N6O4S+. The summed E-state index contributed by atoms with van der Waals surface area (Å²) >= 11 is 1.03. The van der Waals surface area contributed by atoms with Crippen molar-refractivity contribution in [2.45, 2.75) is 13.8 Å². The van der Waals surface area contributed by atoms with Crippen LogP contribution in [0.1, 0.15) is 23.0 Å². The zero-order valence-corrected chi connectivity index (χ0v) is 16.4. The fraction of sp³-hybridized carbons (Fsp3) is 0.353. The van der Waals surface area contributed by atoms with Crippen LogP contribution in [0.25, 0.3) is 0 Å². The Morgan fingerprint density at radius 3 is 2.71 bits per heavy atom. The number of nitrogens with zero attached hydrogens (tertiary/aromatic N) is 1. The van der Waals surface area contributed by atoms with Crippen LogP contribution in [0.5, 0.6) is 0 Å². The van der Waals surface area contributed by atoms with E-state index in [1.165, 1.54) is 6.92 Å². The monoisotopic (exact) mass is 407 g/mol. The molecule has 0 aliphatic carbocycles. The lowest BCUT2D eigenvalue weighted by Crippen LogP contribution is -2.20. The first-order valence-corrected chi connectivity index (χ1v) is 9.37. The summed E-state index contributed by atoms with van der Waals surface area (Å²) in [7, 11) is 0. The first-order chi connectivity index (χ1) is 13.4. The van der Waals surface area contributed by atoms with Crippen LogP contribution in [0.4, 0.5) is 21.5 Å². The average molecular weight is 407 g/mol. The molecule has 2 aromatic rings. The third kappa shape index (κ3) is 6.08. The zero-order valence-electron chi connectivity index (χ0n) is 15.6. The number of ether oxygens (including phenoxy) is 1. The van der Waals surface area contributed by atoms with E-state index in [2.05, 4.69) is 26.1 Å². The number of aromatic amines is 1. The normalized spacial score (nSPS) is 10.4. The quantitative estimate of drug-likeness (QED) is 0.349. The second-order valence-electron chi connectivity index (χ2n) is 5.80. The van der Waals surface area contributed by atoms with E-state index in [0.29, 0.717) is 42.8 Å². The van der Waals surface area contributed by atoms with E-state index in [-0.39, 0.29) is 16.5 Å². The van der Waals surface area contributed by atoms with Crippen molar-refractivity contribution in [3.63, 3.8) is 0 Å². The molecule has 2 amide bonds. The predicted octanol–water partition coefficient (Wildman–Crippen LogP) is 1.87. The van der Waals surface area contributed by atoms with Gasteiger partial charge < -0.3 is 21.1 Å². The number of amides is 2. The number of carbonyl (C=O) groups excluding carboxylic acids is 2. The van der Waals surface area contributed by atoms with E-state index >= 15 is 0 Å². The number of anilines is 3. The second-order valence-corrected chi connectivity index (χ2v) is 6.80. The summed E-state index contributed by atoms with van der Waals surface area (Å²) in [5.74, 6) is -0.736. The molecule has 0 radical (unpaired) electrons. The highest BCUT2D eigenvalue weighted by Gasteiger charge is 2.21. The van der Waals surface area contributed by atoms with Crippen molar-refractivity contribution in [2.75, 3.05) is 42.3 Å². The van der Waals surface area contributed by atoms with Crippen molar-refractivity contribution in [3.8, 4) is 0 Å². The summed E-state index contributed by atoms with van der Waals surface area (Å²) in [5.41, 5.74) is 7.29. The SMILES string of the molecule is CC(=O)Nc1cc(NCCOCCN)ccc1C(=O)Nc1[nH+]c(C)c(N=O)s1. The summed E-state index contributed by atoms with van der Waals surface area (Å²) in [6, 6.07) is 5.00. The molecule has 0 aliphatic heterocycles.